The zero-order valence-corrected chi connectivity index (χ0v) is 15.5. The van der Waals surface area contributed by atoms with Gasteiger partial charge in [-0.2, -0.15) is 0 Å². The van der Waals surface area contributed by atoms with E-state index in [9.17, 15) is 9.59 Å². The van der Waals surface area contributed by atoms with Crippen molar-refractivity contribution >= 4 is 28.6 Å². The van der Waals surface area contributed by atoms with E-state index in [1.165, 1.54) is 0 Å². The first kappa shape index (κ1) is 17.9. The van der Waals surface area contributed by atoms with Gasteiger partial charge in [0.1, 0.15) is 18.1 Å². The summed E-state index contributed by atoms with van der Waals surface area (Å²) in [7, 11) is 0. The molecule has 2 aromatic carbocycles. The quantitative estimate of drug-likeness (QED) is 0.687. The van der Waals surface area contributed by atoms with Crippen molar-refractivity contribution in [1.29, 1.82) is 0 Å². The van der Waals surface area contributed by atoms with E-state index in [4.69, 9.17) is 9.47 Å². The molecule has 2 amide bonds. The van der Waals surface area contributed by atoms with Crippen LogP contribution in [0.3, 0.4) is 0 Å². The molecule has 0 bridgehead atoms. The number of cyclic esters (lactones) is 1. The monoisotopic (exact) mass is 379 g/mol. The minimum absolute atomic E-state index is 0.194. The van der Waals surface area contributed by atoms with Crippen molar-refractivity contribution in [3.63, 3.8) is 0 Å². The zero-order valence-electron chi connectivity index (χ0n) is 15.5. The van der Waals surface area contributed by atoms with Crippen LogP contribution in [0.5, 0.6) is 5.75 Å². The van der Waals surface area contributed by atoms with Crippen LogP contribution in [0.2, 0.25) is 0 Å². The normalized spacial score (nSPS) is 13.6. The molecule has 1 aromatic heterocycles. The van der Waals surface area contributed by atoms with E-state index in [-0.39, 0.29) is 12.0 Å². The summed E-state index contributed by atoms with van der Waals surface area (Å²) in [5.74, 6) is 0.571. The first-order valence-corrected chi connectivity index (χ1v) is 9.21. The number of fused-ring (bicyclic) bond motifs is 1. The van der Waals surface area contributed by atoms with Gasteiger partial charge in [0, 0.05) is 29.2 Å². The molecule has 1 aliphatic heterocycles. The maximum Gasteiger partial charge on any atom is 0.414 e. The van der Waals surface area contributed by atoms with E-state index in [1.54, 1.807) is 4.90 Å². The number of ether oxygens (including phenoxy) is 2. The van der Waals surface area contributed by atoms with Crippen molar-refractivity contribution in [2.75, 3.05) is 24.7 Å². The van der Waals surface area contributed by atoms with Gasteiger partial charge in [-0.15, -0.1) is 0 Å². The Morgan fingerprint density at radius 3 is 2.93 bits per heavy atom. The minimum atomic E-state index is -0.342. The number of aromatic nitrogens is 1. The van der Waals surface area contributed by atoms with Crippen LogP contribution in [-0.2, 0) is 11.3 Å². The minimum Gasteiger partial charge on any atom is -0.494 e. The molecule has 144 valence electrons. The first-order valence-electron chi connectivity index (χ1n) is 9.21. The number of nitrogens with zero attached hydrogens (tertiary/aromatic N) is 1. The van der Waals surface area contributed by atoms with Gasteiger partial charge in [-0.05, 0) is 42.8 Å². The second-order valence-corrected chi connectivity index (χ2v) is 6.48. The number of nitrogens with one attached hydrogen (secondary N) is 2. The number of anilines is 1. The fourth-order valence-corrected chi connectivity index (χ4v) is 3.22. The SMILES string of the molecule is CCOc1ccc2cc(C(=O)NCc3cccc(N4CCOC4=O)c3)[nH]c2c1. The average molecular weight is 379 g/mol. The van der Waals surface area contributed by atoms with E-state index in [1.807, 2.05) is 55.5 Å². The maximum atomic E-state index is 12.5. The molecule has 0 spiro atoms. The molecule has 0 saturated carbocycles. The van der Waals surface area contributed by atoms with Crippen molar-refractivity contribution in [2.45, 2.75) is 13.5 Å². The number of rotatable bonds is 6. The molecule has 0 unspecified atom stereocenters. The lowest BCUT2D eigenvalue weighted by Gasteiger charge is -2.14. The fraction of sp³-hybridized carbons (Fsp3) is 0.238. The summed E-state index contributed by atoms with van der Waals surface area (Å²) in [6, 6.07) is 15.0. The highest BCUT2D eigenvalue weighted by molar-refractivity contribution is 5.98. The van der Waals surface area contributed by atoms with Crippen LogP contribution in [0.25, 0.3) is 10.9 Å². The number of carbonyl (C=O) groups is 2. The van der Waals surface area contributed by atoms with Crippen LogP contribution in [0, 0.1) is 0 Å². The lowest BCUT2D eigenvalue weighted by molar-refractivity contribution is 0.0946. The summed E-state index contributed by atoms with van der Waals surface area (Å²) in [5.41, 5.74) is 3.01. The molecule has 0 atom stereocenters. The molecular formula is C21H21N3O4. The summed E-state index contributed by atoms with van der Waals surface area (Å²) in [4.78, 5) is 29.0. The van der Waals surface area contributed by atoms with Crippen molar-refractivity contribution in [1.82, 2.24) is 10.3 Å². The van der Waals surface area contributed by atoms with Crippen LogP contribution in [0.15, 0.2) is 48.5 Å². The van der Waals surface area contributed by atoms with Crippen LogP contribution in [-0.4, -0.2) is 36.7 Å². The number of hydrogen-bond acceptors (Lipinski definition) is 4. The van der Waals surface area contributed by atoms with Crippen molar-refractivity contribution < 1.29 is 19.1 Å². The van der Waals surface area contributed by atoms with E-state index in [2.05, 4.69) is 10.3 Å². The molecule has 2 N–H and O–H groups in total. The Morgan fingerprint density at radius 2 is 2.14 bits per heavy atom. The van der Waals surface area contributed by atoms with E-state index in [0.717, 1.165) is 27.9 Å². The van der Waals surface area contributed by atoms with Crippen LogP contribution in [0.1, 0.15) is 23.0 Å². The van der Waals surface area contributed by atoms with E-state index in [0.29, 0.717) is 32.0 Å². The number of carbonyl (C=O) groups excluding carboxylic acids is 2. The number of benzene rings is 2. The van der Waals surface area contributed by atoms with E-state index < -0.39 is 0 Å². The van der Waals surface area contributed by atoms with Gasteiger partial charge in [0.05, 0.1) is 13.2 Å². The largest absolute Gasteiger partial charge is 0.494 e. The zero-order chi connectivity index (χ0) is 19.5. The Hall–Kier alpha value is -3.48. The summed E-state index contributed by atoms with van der Waals surface area (Å²) in [6.45, 7) is 3.81. The van der Waals surface area contributed by atoms with Gasteiger partial charge in [-0.1, -0.05) is 12.1 Å². The topological polar surface area (TPSA) is 83.7 Å². The third-order valence-corrected chi connectivity index (χ3v) is 4.59. The molecule has 1 fully saturated rings. The molecule has 3 aromatic rings. The number of amides is 2. The second-order valence-electron chi connectivity index (χ2n) is 6.48. The van der Waals surface area contributed by atoms with Gasteiger partial charge in [0.25, 0.3) is 5.91 Å². The molecule has 2 heterocycles. The Kier molecular flexibility index (Phi) is 4.89. The highest BCUT2D eigenvalue weighted by Gasteiger charge is 2.23. The molecule has 28 heavy (non-hydrogen) atoms. The average Bonchev–Trinajstić information content (AvgIpc) is 3.32. The molecule has 0 aliphatic carbocycles. The molecule has 0 radical (unpaired) electrons. The van der Waals surface area contributed by atoms with Gasteiger partial charge in [0.2, 0.25) is 0 Å². The van der Waals surface area contributed by atoms with Crippen LogP contribution >= 0.6 is 0 Å². The molecule has 1 aliphatic rings. The predicted molar refractivity (Wildman–Crippen MR) is 106 cm³/mol. The Labute approximate surface area is 162 Å². The van der Waals surface area contributed by atoms with Crippen LogP contribution in [0.4, 0.5) is 10.5 Å². The Bertz CT molecular complexity index is 1030. The maximum absolute atomic E-state index is 12.5. The number of H-pyrrole nitrogens is 1. The summed E-state index contributed by atoms with van der Waals surface area (Å²) in [5, 5.41) is 3.86. The third kappa shape index (κ3) is 3.64. The standard InChI is InChI=1S/C21H21N3O4/c1-2-27-17-7-6-15-11-19(23-18(15)12-17)20(25)22-13-14-4-3-5-16(10-14)24-8-9-28-21(24)26/h3-7,10-12,23H,2,8-9,13H2,1H3,(H,22,25). The molecule has 4 rings (SSSR count). The molecule has 7 nitrogen and oxygen atoms in total. The smallest absolute Gasteiger partial charge is 0.414 e. The van der Waals surface area contributed by atoms with Gasteiger partial charge in [-0.25, -0.2) is 4.79 Å². The van der Waals surface area contributed by atoms with Gasteiger partial charge >= 0.3 is 6.09 Å². The van der Waals surface area contributed by atoms with Gasteiger partial charge in [0.15, 0.2) is 0 Å². The third-order valence-electron chi connectivity index (χ3n) is 4.59. The van der Waals surface area contributed by atoms with Gasteiger partial charge < -0.3 is 19.8 Å². The van der Waals surface area contributed by atoms with Crippen molar-refractivity contribution in [3.8, 4) is 5.75 Å². The fourth-order valence-electron chi connectivity index (χ4n) is 3.22. The van der Waals surface area contributed by atoms with Crippen LogP contribution < -0.4 is 15.0 Å². The lowest BCUT2D eigenvalue weighted by atomic mass is 10.2. The number of hydrogen-bond donors (Lipinski definition) is 2. The molecular weight excluding hydrogens is 358 g/mol. The Morgan fingerprint density at radius 1 is 1.25 bits per heavy atom. The molecule has 7 heteroatoms. The highest BCUT2D eigenvalue weighted by atomic mass is 16.6. The molecule has 1 saturated heterocycles. The lowest BCUT2D eigenvalue weighted by Crippen LogP contribution is -2.25. The summed E-state index contributed by atoms with van der Waals surface area (Å²) in [6.07, 6.45) is -0.342. The number of aromatic amines is 1. The highest BCUT2D eigenvalue weighted by Crippen LogP contribution is 2.22. The first-order chi connectivity index (χ1) is 13.6. The van der Waals surface area contributed by atoms with Crippen molar-refractivity contribution in [2.24, 2.45) is 0 Å². The van der Waals surface area contributed by atoms with Crippen molar-refractivity contribution in [3.05, 3.63) is 59.8 Å². The predicted octanol–water partition coefficient (Wildman–Crippen LogP) is 3.45. The summed E-state index contributed by atoms with van der Waals surface area (Å²) < 4.78 is 10.5. The van der Waals surface area contributed by atoms with Gasteiger partial charge in [-0.3, -0.25) is 9.69 Å². The van der Waals surface area contributed by atoms with E-state index >= 15 is 0 Å². The second kappa shape index (κ2) is 7.64. The Balaban J connectivity index is 1.44. The summed E-state index contributed by atoms with van der Waals surface area (Å²) >= 11 is 0.